The second kappa shape index (κ2) is 7.15. The highest BCUT2D eigenvalue weighted by Gasteiger charge is 2.20. The van der Waals surface area contributed by atoms with Crippen LogP contribution in [0, 0.1) is 0 Å². The number of carbonyl (C=O) groups is 1. The van der Waals surface area contributed by atoms with Crippen molar-refractivity contribution < 1.29 is 9.53 Å². The molecular formula is C17H14BrClN2O2. The maximum atomic E-state index is 11.4. The van der Waals surface area contributed by atoms with Crippen LogP contribution in [0.4, 0.5) is 0 Å². The van der Waals surface area contributed by atoms with E-state index in [1.54, 1.807) is 18.3 Å². The number of hydrogen-bond donors (Lipinski definition) is 0. The van der Waals surface area contributed by atoms with Crippen molar-refractivity contribution >= 4 is 33.5 Å². The van der Waals surface area contributed by atoms with Crippen LogP contribution in [0.15, 0.2) is 58.8 Å². The fraction of sp³-hybridized carbons (Fsp3) is 0.176. The first kappa shape index (κ1) is 16.0. The summed E-state index contributed by atoms with van der Waals surface area (Å²) in [5.41, 5.74) is 3.02. The number of benzene rings is 1. The fourth-order valence-electron chi connectivity index (χ4n) is 2.38. The molecule has 0 atom stereocenters. The van der Waals surface area contributed by atoms with E-state index >= 15 is 0 Å². The van der Waals surface area contributed by atoms with Gasteiger partial charge in [0.15, 0.2) is 0 Å². The Kier molecular flexibility index (Phi) is 4.98. The Bertz CT molecular complexity index is 747. The van der Waals surface area contributed by atoms with Gasteiger partial charge in [0.05, 0.1) is 5.70 Å². The Balaban J connectivity index is 1.83. The zero-order valence-electron chi connectivity index (χ0n) is 12.2. The Morgan fingerprint density at radius 1 is 1.22 bits per heavy atom. The minimum atomic E-state index is -0.298. The Morgan fingerprint density at radius 3 is 2.70 bits per heavy atom. The molecule has 0 aliphatic carbocycles. The lowest BCUT2D eigenvalue weighted by Gasteiger charge is -2.25. The average molecular weight is 394 g/mol. The van der Waals surface area contributed by atoms with E-state index in [4.69, 9.17) is 16.3 Å². The zero-order valence-corrected chi connectivity index (χ0v) is 14.5. The molecule has 0 saturated heterocycles. The van der Waals surface area contributed by atoms with Crippen molar-refractivity contribution in [2.24, 2.45) is 0 Å². The summed E-state index contributed by atoms with van der Waals surface area (Å²) in [5, 5.41) is 0.464. The second-order valence-electron chi connectivity index (χ2n) is 5.22. The summed E-state index contributed by atoms with van der Waals surface area (Å²) >= 11 is 9.32. The van der Waals surface area contributed by atoms with Gasteiger partial charge in [-0.3, -0.25) is 0 Å². The summed E-state index contributed by atoms with van der Waals surface area (Å²) in [5.74, 6) is -0.298. The van der Waals surface area contributed by atoms with E-state index in [9.17, 15) is 4.79 Å². The highest BCUT2D eigenvalue weighted by molar-refractivity contribution is 9.10. The highest BCUT2D eigenvalue weighted by atomic mass is 79.9. The molecule has 0 spiro atoms. The molecule has 118 valence electrons. The van der Waals surface area contributed by atoms with Crippen molar-refractivity contribution in [3.63, 3.8) is 0 Å². The number of rotatable bonds is 5. The summed E-state index contributed by atoms with van der Waals surface area (Å²) in [6.45, 7) is 1.59. The number of aromatic nitrogens is 1. The van der Waals surface area contributed by atoms with E-state index in [0.717, 1.165) is 21.3 Å². The summed E-state index contributed by atoms with van der Waals surface area (Å²) in [4.78, 5) is 17.6. The molecule has 0 unspecified atom stereocenters. The fourth-order valence-corrected chi connectivity index (χ4v) is 2.94. The minimum Gasteiger partial charge on any atom is -0.456 e. The summed E-state index contributed by atoms with van der Waals surface area (Å²) in [7, 11) is 0. The number of cyclic esters (lactones) is 1. The number of hydrogen-bond acceptors (Lipinski definition) is 4. The highest BCUT2D eigenvalue weighted by Crippen LogP contribution is 2.21. The third-order valence-electron chi connectivity index (χ3n) is 3.48. The molecule has 2 heterocycles. The van der Waals surface area contributed by atoms with Gasteiger partial charge in [-0.1, -0.05) is 45.7 Å². The molecule has 4 nitrogen and oxygen atoms in total. The van der Waals surface area contributed by atoms with E-state index in [1.807, 2.05) is 18.2 Å². The number of esters is 1. The molecule has 0 bridgehead atoms. The molecule has 1 aliphatic heterocycles. The van der Waals surface area contributed by atoms with Crippen LogP contribution in [0.2, 0.25) is 5.15 Å². The quantitative estimate of drug-likeness (QED) is 0.570. The first-order valence-corrected chi connectivity index (χ1v) is 8.24. The van der Waals surface area contributed by atoms with Gasteiger partial charge in [0.2, 0.25) is 0 Å². The maximum Gasteiger partial charge on any atom is 0.333 e. The standard InChI is InChI=1S/C17H14BrClN2O2/c18-14-3-1-2-12(6-14)9-21(15-7-17(22)23-11-15)10-13-4-5-16(19)20-8-13/h1-8H,9-11H2. The van der Waals surface area contributed by atoms with Gasteiger partial charge in [0.1, 0.15) is 11.8 Å². The summed E-state index contributed by atoms with van der Waals surface area (Å²) in [6, 6.07) is 11.8. The number of pyridine rings is 1. The molecule has 6 heteroatoms. The first-order valence-electron chi connectivity index (χ1n) is 7.07. The lowest BCUT2D eigenvalue weighted by Crippen LogP contribution is -2.23. The predicted octanol–water partition coefficient (Wildman–Crippen LogP) is 3.94. The summed E-state index contributed by atoms with van der Waals surface area (Å²) < 4.78 is 6.07. The van der Waals surface area contributed by atoms with Crippen molar-refractivity contribution in [1.29, 1.82) is 0 Å². The molecule has 1 aromatic heterocycles. The SMILES string of the molecule is O=C1C=C(N(Cc2ccc(Cl)nc2)Cc2cccc(Br)c2)CO1. The first-order chi connectivity index (χ1) is 11.1. The third kappa shape index (κ3) is 4.33. The number of halogens is 2. The second-order valence-corrected chi connectivity index (χ2v) is 6.52. The molecule has 1 aromatic carbocycles. The van der Waals surface area contributed by atoms with E-state index in [2.05, 4.69) is 37.9 Å². The normalized spacial score (nSPS) is 13.7. The van der Waals surface area contributed by atoms with Gasteiger partial charge < -0.3 is 9.64 Å². The van der Waals surface area contributed by atoms with Gasteiger partial charge >= 0.3 is 5.97 Å². The van der Waals surface area contributed by atoms with Gasteiger partial charge in [0, 0.05) is 29.8 Å². The molecule has 0 fully saturated rings. The monoisotopic (exact) mass is 392 g/mol. The molecule has 23 heavy (non-hydrogen) atoms. The Labute approximate surface area is 147 Å². The smallest absolute Gasteiger partial charge is 0.333 e. The number of nitrogens with zero attached hydrogens (tertiary/aromatic N) is 2. The minimum absolute atomic E-state index is 0.298. The van der Waals surface area contributed by atoms with Gasteiger partial charge in [-0.05, 0) is 29.3 Å². The topological polar surface area (TPSA) is 42.4 Å². The maximum absolute atomic E-state index is 11.4. The van der Waals surface area contributed by atoms with E-state index < -0.39 is 0 Å². The predicted molar refractivity (Wildman–Crippen MR) is 91.7 cm³/mol. The average Bonchev–Trinajstić information content (AvgIpc) is 2.95. The van der Waals surface area contributed by atoms with Crippen molar-refractivity contribution in [3.8, 4) is 0 Å². The lowest BCUT2D eigenvalue weighted by molar-refractivity contribution is -0.135. The van der Waals surface area contributed by atoms with E-state index in [1.165, 1.54) is 0 Å². The van der Waals surface area contributed by atoms with Crippen LogP contribution in [0.3, 0.4) is 0 Å². The van der Waals surface area contributed by atoms with Crippen molar-refractivity contribution in [1.82, 2.24) is 9.88 Å². The number of carbonyl (C=O) groups excluding carboxylic acids is 1. The molecule has 0 amide bonds. The molecule has 0 N–H and O–H groups in total. The van der Waals surface area contributed by atoms with E-state index in [-0.39, 0.29) is 5.97 Å². The van der Waals surface area contributed by atoms with Crippen LogP contribution in [0.5, 0.6) is 0 Å². The Morgan fingerprint density at radius 2 is 2.04 bits per heavy atom. The van der Waals surface area contributed by atoms with Crippen LogP contribution in [0.25, 0.3) is 0 Å². The number of ether oxygens (including phenoxy) is 1. The van der Waals surface area contributed by atoms with Crippen molar-refractivity contribution in [3.05, 3.63) is 75.1 Å². The van der Waals surface area contributed by atoms with Crippen LogP contribution in [0.1, 0.15) is 11.1 Å². The van der Waals surface area contributed by atoms with Gasteiger partial charge in [0.25, 0.3) is 0 Å². The largest absolute Gasteiger partial charge is 0.456 e. The molecule has 2 aromatic rings. The van der Waals surface area contributed by atoms with Crippen LogP contribution < -0.4 is 0 Å². The van der Waals surface area contributed by atoms with Gasteiger partial charge in [-0.15, -0.1) is 0 Å². The molecular weight excluding hydrogens is 380 g/mol. The molecule has 1 aliphatic rings. The van der Waals surface area contributed by atoms with Gasteiger partial charge in [-0.2, -0.15) is 0 Å². The zero-order chi connectivity index (χ0) is 16.2. The Hall–Kier alpha value is -1.85. The summed E-state index contributed by atoms with van der Waals surface area (Å²) in [6.07, 6.45) is 3.29. The van der Waals surface area contributed by atoms with Crippen molar-refractivity contribution in [2.45, 2.75) is 13.1 Å². The molecule has 0 radical (unpaired) electrons. The van der Waals surface area contributed by atoms with Gasteiger partial charge in [-0.25, -0.2) is 9.78 Å². The van der Waals surface area contributed by atoms with Crippen molar-refractivity contribution in [2.75, 3.05) is 6.61 Å². The molecule has 0 saturated carbocycles. The molecule has 3 rings (SSSR count). The van der Waals surface area contributed by atoms with Crippen LogP contribution >= 0.6 is 27.5 Å². The van der Waals surface area contributed by atoms with Crippen LogP contribution in [-0.2, 0) is 22.6 Å². The van der Waals surface area contributed by atoms with Crippen LogP contribution in [-0.4, -0.2) is 22.5 Å². The van der Waals surface area contributed by atoms with E-state index in [0.29, 0.717) is 24.8 Å². The lowest BCUT2D eigenvalue weighted by atomic mass is 10.2. The third-order valence-corrected chi connectivity index (χ3v) is 4.19.